The molecule has 112 valence electrons. The SMILES string of the molecule is COCC(CO)NC(=O)CCSc1ccc(C)c(C)c1. The molecule has 2 N–H and O–H groups in total. The van der Waals surface area contributed by atoms with Gasteiger partial charge in [0.15, 0.2) is 0 Å². The second kappa shape index (κ2) is 9.00. The van der Waals surface area contributed by atoms with Crippen LogP contribution in [0.4, 0.5) is 0 Å². The second-order valence-electron chi connectivity index (χ2n) is 4.75. The molecule has 5 heteroatoms. The molecule has 0 aromatic heterocycles. The molecule has 20 heavy (non-hydrogen) atoms. The summed E-state index contributed by atoms with van der Waals surface area (Å²) in [6, 6.07) is 5.99. The number of hydrogen-bond donors (Lipinski definition) is 2. The number of carbonyl (C=O) groups is 1. The maximum atomic E-state index is 11.7. The van der Waals surface area contributed by atoms with Gasteiger partial charge in [-0.2, -0.15) is 0 Å². The van der Waals surface area contributed by atoms with Gasteiger partial charge in [-0.05, 0) is 37.1 Å². The van der Waals surface area contributed by atoms with Crippen LogP contribution in [0.3, 0.4) is 0 Å². The molecule has 0 heterocycles. The number of carbonyl (C=O) groups excluding carboxylic acids is 1. The molecule has 0 spiro atoms. The van der Waals surface area contributed by atoms with Gasteiger partial charge < -0.3 is 15.2 Å². The van der Waals surface area contributed by atoms with Crippen molar-refractivity contribution < 1.29 is 14.6 Å². The Labute approximate surface area is 124 Å². The van der Waals surface area contributed by atoms with Gasteiger partial charge in [-0.3, -0.25) is 4.79 Å². The van der Waals surface area contributed by atoms with Gasteiger partial charge in [0, 0.05) is 24.2 Å². The van der Waals surface area contributed by atoms with Crippen LogP contribution in [-0.2, 0) is 9.53 Å². The summed E-state index contributed by atoms with van der Waals surface area (Å²) in [5, 5.41) is 11.8. The van der Waals surface area contributed by atoms with Crippen molar-refractivity contribution in [2.75, 3.05) is 26.1 Å². The molecule has 0 aliphatic carbocycles. The number of amides is 1. The lowest BCUT2D eigenvalue weighted by atomic mass is 10.1. The summed E-state index contributed by atoms with van der Waals surface area (Å²) >= 11 is 1.67. The van der Waals surface area contributed by atoms with E-state index in [0.29, 0.717) is 13.0 Å². The van der Waals surface area contributed by atoms with Crippen molar-refractivity contribution in [2.45, 2.75) is 31.2 Å². The van der Waals surface area contributed by atoms with Crippen molar-refractivity contribution in [1.29, 1.82) is 0 Å². The van der Waals surface area contributed by atoms with Gasteiger partial charge in [-0.1, -0.05) is 6.07 Å². The van der Waals surface area contributed by atoms with E-state index < -0.39 is 0 Å². The van der Waals surface area contributed by atoms with Crippen LogP contribution in [0.25, 0.3) is 0 Å². The number of hydrogen-bond acceptors (Lipinski definition) is 4. The fraction of sp³-hybridized carbons (Fsp3) is 0.533. The number of benzene rings is 1. The number of thioether (sulfide) groups is 1. The summed E-state index contributed by atoms with van der Waals surface area (Å²) in [6.45, 7) is 4.39. The maximum absolute atomic E-state index is 11.7. The molecule has 0 saturated carbocycles. The Bertz CT molecular complexity index is 437. The Hall–Kier alpha value is -1.04. The van der Waals surface area contributed by atoms with E-state index in [4.69, 9.17) is 9.84 Å². The van der Waals surface area contributed by atoms with Crippen LogP contribution in [0, 0.1) is 13.8 Å². The highest BCUT2D eigenvalue weighted by molar-refractivity contribution is 7.99. The minimum atomic E-state index is -0.320. The molecule has 0 aliphatic heterocycles. The van der Waals surface area contributed by atoms with Crippen LogP contribution < -0.4 is 5.32 Å². The first-order valence-electron chi connectivity index (χ1n) is 6.66. The van der Waals surface area contributed by atoms with Gasteiger partial charge in [-0.15, -0.1) is 11.8 Å². The normalized spacial score (nSPS) is 12.2. The van der Waals surface area contributed by atoms with E-state index in [9.17, 15) is 4.79 Å². The van der Waals surface area contributed by atoms with Crippen molar-refractivity contribution in [1.82, 2.24) is 5.32 Å². The average Bonchev–Trinajstić information content (AvgIpc) is 2.42. The Morgan fingerprint density at radius 1 is 1.40 bits per heavy atom. The molecule has 0 fully saturated rings. The predicted molar refractivity (Wildman–Crippen MR) is 82.1 cm³/mol. The van der Waals surface area contributed by atoms with E-state index in [-0.39, 0.29) is 18.6 Å². The molecule has 1 aromatic carbocycles. The zero-order chi connectivity index (χ0) is 15.0. The molecule has 0 radical (unpaired) electrons. The molecule has 1 unspecified atom stereocenters. The lowest BCUT2D eigenvalue weighted by Crippen LogP contribution is -2.40. The third kappa shape index (κ3) is 5.94. The van der Waals surface area contributed by atoms with Crippen LogP contribution in [-0.4, -0.2) is 43.1 Å². The molecule has 1 atom stereocenters. The summed E-state index contributed by atoms with van der Waals surface area (Å²) in [5.74, 6) is 0.664. The Morgan fingerprint density at radius 3 is 2.75 bits per heavy atom. The molecular formula is C15H23NO3S. The van der Waals surface area contributed by atoms with Crippen molar-refractivity contribution >= 4 is 17.7 Å². The lowest BCUT2D eigenvalue weighted by molar-refractivity contribution is -0.122. The topological polar surface area (TPSA) is 58.6 Å². The maximum Gasteiger partial charge on any atom is 0.221 e. The zero-order valence-electron chi connectivity index (χ0n) is 12.3. The summed E-state index contributed by atoms with van der Waals surface area (Å²) in [6.07, 6.45) is 0.428. The summed E-state index contributed by atoms with van der Waals surface area (Å²) in [5.41, 5.74) is 2.54. The summed E-state index contributed by atoms with van der Waals surface area (Å²) < 4.78 is 4.91. The Kier molecular flexibility index (Phi) is 7.65. The fourth-order valence-electron chi connectivity index (χ4n) is 1.71. The van der Waals surface area contributed by atoms with Gasteiger partial charge in [0.05, 0.1) is 19.3 Å². The van der Waals surface area contributed by atoms with Gasteiger partial charge in [-0.25, -0.2) is 0 Å². The molecule has 0 bridgehead atoms. The number of nitrogens with one attached hydrogen (secondary N) is 1. The first-order chi connectivity index (χ1) is 9.56. The summed E-state index contributed by atoms with van der Waals surface area (Å²) in [7, 11) is 1.55. The molecule has 4 nitrogen and oxygen atoms in total. The van der Waals surface area contributed by atoms with Crippen LogP contribution in [0.1, 0.15) is 17.5 Å². The van der Waals surface area contributed by atoms with E-state index in [1.807, 2.05) is 0 Å². The number of ether oxygens (including phenoxy) is 1. The molecule has 1 aromatic rings. The highest BCUT2D eigenvalue weighted by atomic mass is 32.2. The first kappa shape index (κ1) is 17.0. The van der Waals surface area contributed by atoms with E-state index >= 15 is 0 Å². The van der Waals surface area contributed by atoms with Crippen molar-refractivity contribution in [3.63, 3.8) is 0 Å². The van der Waals surface area contributed by atoms with Crippen LogP contribution in [0.5, 0.6) is 0 Å². The van der Waals surface area contributed by atoms with E-state index in [2.05, 4.69) is 37.4 Å². The Balaban J connectivity index is 2.32. The van der Waals surface area contributed by atoms with E-state index in [1.54, 1.807) is 18.9 Å². The van der Waals surface area contributed by atoms with E-state index in [0.717, 1.165) is 5.75 Å². The first-order valence-corrected chi connectivity index (χ1v) is 7.64. The van der Waals surface area contributed by atoms with Crippen LogP contribution in [0.15, 0.2) is 23.1 Å². The van der Waals surface area contributed by atoms with Crippen molar-refractivity contribution in [3.05, 3.63) is 29.3 Å². The number of aliphatic hydroxyl groups is 1. The monoisotopic (exact) mass is 297 g/mol. The Morgan fingerprint density at radius 2 is 2.15 bits per heavy atom. The van der Waals surface area contributed by atoms with Crippen LogP contribution >= 0.6 is 11.8 Å². The quantitative estimate of drug-likeness (QED) is 0.720. The average molecular weight is 297 g/mol. The molecule has 1 rings (SSSR count). The molecule has 0 saturated heterocycles. The van der Waals surface area contributed by atoms with Gasteiger partial charge >= 0.3 is 0 Å². The molecule has 1 amide bonds. The predicted octanol–water partition coefficient (Wildman–Crippen LogP) is 1.91. The number of methoxy groups -OCH3 is 1. The van der Waals surface area contributed by atoms with Gasteiger partial charge in [0.25, 0.3) is 0 Å². The van der Waals surface area contributed by atoms with Gasteiger partial charge in [0.2, 0.25) is 5.91 Å². The zero-order valence-corrected chi connectivity index (χ0v) is 13.1. The van der Waals surface area contributed by atoms with Crippen LogP contribution in [0.2, 0.25) is 0 Å². The van der Waals surface area contributed by atoms with Crippen molar-refractivity contribution in [2.24, 2.45) is 0 Å². The van der Waals surface area contributed by atoms with Gasteiger partial charge in [0.1, 0.15) is 0 Å². The number of aryl methyl sites for hydroxylation is 2. The minimum Gasteiger partial charge on any atom is -0.394 e. The smallest absolute Gasteiger partial charge is 0.221 e. The third-order valence-electron chi connectivity index (χ3n) is 3.03. The number of aliphatic hydroxyl groups excluding tert-OH is 1. The van der Waals surface area contributed by atoms with E-state index in [1.165, 1.54) is 16.0 Å². The fourth-order valence-corrected chi connectivity index (χ4v) is 2.65. The highest BCUT2D eigenvalue weighted by Crippen LogP contribution is 2.21. The summed E-state index contributed by atoms with van der Waals surface area (Å²) in [4.78, 5) is 12.9. The lowest BCUT2D eigenvalue weighted by Gasteiger charge is -2.15. The molecular weight excluding hydrogens is 274 g/mol. The molecule has 0 aliphatic rings. The van der Waals surface area contributed by atoms with Crippen molar-refractivity contribution in [3.8, 4) is 0 Å². The standard InChI is InChI=1S/C15H23NO3S/c1-11-4-5-14(8-12(11)2)20-7-6-15(18)16-13(9-17)10-19-3/h4-5,8,13,17H,6-7,9-10H2,1-3H3,(H,16,18). The number of rotatable bonds is 8. The minimum absolute atomic E-state index is 0.0579. The largest absolute Gasteiger partial charge is 0.394 e. The second-order valence-corrected chi connectivity index (χ2v) is 5.92. The third-order valence-corrected chi connectivity index (χ3v) is 4.03. The highest BCUT2D eigenvalue weighted by Gasteiger charge is 2.10.